The minimum Gasteiger partial charge on any atom is -0.377 e. The smallest absolute Gasteiger partial charge is 0.128 e. The molecule has 0 saturated heterocycles. The lowest BCUT2D eigenvalue weighted by Crippen LogP contribution is -2.10. The molecule has 0 aliphatic carbocycles. The van der Waals surface area contributed by atoms with Crippen LogP contribution in [0.5, 0.6) is 0 Å². The Balaban J connectivity index is 1.72. The van der Waals surface area contributed by atoms with Crippen LogP contribution in [0.15, 0.2) is 67.1 Å². The molecular formula is C23H19ClFN3. The van der Waals surface area contributed by atoms with Crippen molar-refractivity contribution in [1.29, 1.82) is 0 Å². The second-order valence-electron chi connectivity index (χ2n) is 6.85. The second kappa shape index (κ2) is 7.56. The van der Waals surface area contributed by atoms with Crippen molar-refractivity contribution in [2.45, 2.75) is 19.9 Å². The van der Waals surface area contributed by atoms with Crippen LogP contribution in [0.1, 0.15) is 24.1 Å². The zero-order valence-electron chi connectivity index (χ0n) is 15.6. The van der Waals surface area contributed by atoms with Crippen molar-refractivity contribution in [1.82, 2.24) is 9.97 Å². The van der Waals surface area contributed by atoms with E-state index in [0.717, 1.165) is 33.3 Å². The van der Waals surface area contributed by atoms with Crippen molar-refractivity contribution in [3.05, 3.63) is 89.1 Å². The average Bonchev–Trinajstić information content (AvgIpc) is 2.70. The van der Waals surface area contributed by atoms with E-state index < -0.39 is 0 Å². The number of anilines is 1. The summed E-state index contributed by atoms with van der Waals surface area (Å²) in [6.45, 7) is 3.91. The van der Waals surface area contributed by atoms with Gasteiger partial charge in [0.05, 0.1) is 22.3 Å². The molecule has 0 aliphatic heterocycles. The van der Waals surface area contributed by atoms with Crippen LogP contribution in [0, 0.1) is 12.7 Å². The maximum atomic E-state index is 14.6. The van der Waals surface area contributed by atoms with E-state index in [9.17, 15) is 4.39 Å². The molecule has 0 fully saturated rings. The molecule has 1 N–H and O–H groups in total. The summed E-state index contributed by atoms with van der Waals surface area (Å²) < 4.78 is 14.6. The van der Waals surface area contributed by atoms with Crippen LogP contribution in [0.4, 0.5) is 10.1 Å². The van der Waals surface area contributed by atoms with Gasteiger partial charge in [-0.2, -0.15) is 0 Å². The summed E-state index contributed by atoms with van der Waals surface area (Å²) >= 11 is 6.39. The fraction of sp³-hybridized carbons (Fsp3) is 0.130. The van der Waals surface area contributed by atoms with Crippen molar-refractivity contribution in [3.8, 4) is 11.1 Å². The first-order chi connectivity index (χ1) is 13.5. The fourth-order valence-electron chi connectivity index (χ4n) is 3.33. The molecule has 0 unspecified atom stereocenters. The lowest BCUT2D eigenvalue weighted by atomic mass is 9.99. The first-order valence-corrected chi connectivity index (χ1v) is 9.42. The number of pyridine rings is 2. The predicted molar refractivity (Wildman–Crippen MR) is 113 cm³/mol. The first kappa shape index (κ1) is 18.4. The minimum atomic E-state index is -0.291. The molecule has 28 heavy (non-hydrogen) atoms. The number of rotatable bonds is 4. The van der Waals surface area contributed by atoms with Crippen LogP contribution in [-0.2, 0) is 0 Å². The number of hydrogen-bond acceptors (Lipinski definition) is 3. The van der Waals surface area contributed by atoms with Crippen molar-refractivity contribution in [2.75, 3.05) is 5.32 Å². The molecule has 4 rings (SSSR count). The monoisotopic (exact) mass is 391 g/mol. The fourth-order valence-corrected chi connectivity index (χ4v) is 3.53. The Labute approximate surface area is 168 Å². The van der Waals surface area contributed by atoms with Crippen LogP contribution >= 0.6 is 11.6 Å². The topological polar surface area (TPSA) is 37.8 Å². The maximum Gasteiger partial charge on any atom is 0.128 e. The molecule has 0 saturated carbocycles. The zero-order valence-corrected chi connectivity index (χ0v) is 16.3. The minimum absolute atomic E-state index is 0.265. The molecule has 2 aromatic heterocycles. The highest BCUT2D eigenvalue weighted by Crippen LogP contribution is 2.34. The van der Waals surface area contributed by atoms with Crippen LogP contribution in [-0.4, -0.2) is 9.97 Å². The number of hydrogen-bond donors (Lipinski definition) is 1. The number of fused-ring (bicyclic) bond motifs is 1. The van der Waals surface area contributed by atoms with E-state index in [4.69, 9.17) is 11.6 Å². The second-order valence-corrected chi connectivity index (χ2v) is 7.26. The van der Waals surface area contributed by atoms with E-state index in [-0.39, 0.29) is 11.9 Å². The molecule has 3 nitrogen and oxygen atoms in total. The summed E-state index contributed by atoms with van der Waals surface area (Å²) in [5.41, 5.74) is 5.09. The van der Waals surface area contributed by atoms with E-state index >= 15 is 0 Å². The molecule has 140 valence electrons. The largest absolute Gasteiger partial charge is 0.377 e. The SMILES string of the molecule is Cc1cncc(-c2ccc(F)c([C@@H](C)Nc3c(Cl)cnc4ccccc34)c2)c1. The Bertz CT molecular complexity index is 1160. The van der Waals surface area contributed by atoms with Gasteiger partial charge in [0.1, 0.15) is 5.82 Å². The van der Waals surface area contributed by atoms with E-state index in [1.54, 1.807) is 24.7 Å². The molecule has 0 bridgehead atoms. The normalized spacial score (nSPS) is 12.1. The van der Waals surface area contributed by atoms with Gasteiger partial charge in [-0.3, -0.25) is 9.97 Å². The van der Waals surface area contributed by atoms with Gasteiger partial charge in [0.15, 0.2) is 0 Å². The maximum absolute atomic E-state index is 14.6. The van der Waals surface area contributed by atoms with Crippen molar-refractivity contribution >= 4 is 28.2 Å². The molecule has 0 radical (unpaired) electrons. The van der Waals surface area contributed by atoms with Gasteiger partial charge in [0, 0.05) is 35.1 Å². The number of para-hydroxylation sites is 1. The van der Waals surface area contributed by atoms with Gasteiger partial charge in [-0.15, -0.1) is 0 Å². The Kier molecular flexibility index (Phi) is 4.97. The summed E-state index contributed by atoms with van der Waals surface area (Å²) in [7, 11) is 0. The first-order valence-electron chi connectivity index (χ1n) is 9.04. The van der Waals surface area contributed by atoms with Gasteiger partial charge in [0.25, 0.3) is 0 Å². The molecule has 0 amide bonds. The summed E-state index contributed by atoms with van der Waals surface area (Å²) in [5, 5.41) is 4.78. The van der Waals surface area contributed by atoms with Crippen LogP contribution in [0.2, 0.25) is 5.02 Å². The molecular weight excluding hydrogens is 373 g/mol. The van der Waals surface area contributed by atoms with E-state index in [0.29, 0.717) is 10.6 Å². The molecule has 4 aromatic rings. The molecule has 0 spiro atoms. The van der Waals surface area contributed by atoms with Gasteiger partial charge in [0.2, 0.25) is 0 Å². The van der Waals surface area contributed by atoms with Gasteiger partial charge in [-0.1, -0.05) is 35.9 Å². The molecule has 2 heterocycles. The van der Waals surface area contributed by atoms with Crippen molar-refractivity contribution < 1.29 is 4.39 Å². The van der Waals surface area contributed by atoms with Crippen LogP contribution in [0.25, 0.3) is 22.0 Å². The third-order valence-corrected chi connectivity index (χ3v) is 5.05. The van der Waals surface area contributed by atoms with Crippen molar-refractivity contribution in [3.63, 3.8) is 0 Å². The molecule has 2 aromatic carbocycles. The van der Waals surface area contributed by atoms with E-state index in [2.05, 4.69) is 15.3 Å². The average molecular weight is 392 g/mol. The highest BCUT2D eigenvalue weighted by molar-refractivity contribution is 6.34. The van der Waals surface area contributed by atoms with Crippen LogP contribution < -0.4 is 5.32 Å². The zero-order chi connectivity index (χ0) is 19.7. The van der Waals surface area contributed by atoms with Gasteiger partial charge >= 0.3 is 0 Å². The summed E-state index contributed by atoms with van der Waals surface area (Å²) in [6, 6.07) is 14.6. The summed E-state index contributed by atoms with van der Waals surface area (Å²) in [6.07, 6.45) is 5.20. The number of benzene rings is 2. The lowest BCUT2D eigenvalue weighted by molar-refractivity contribution is 0.600. The number of nitrogens with one attached hydrogen (secondary N) is 1. The van der Waals surface area contributed by atoms with Gasteiger partial charge < -0.3 is 5.32 Å². The van der Waals surface area contributed by atoms with Gasteiger partial charge in [-0.25, -0.2) is 4.39 Å². The number of aryl methyl sites for hydroxylation is 1. The Morgan fingerprint density at radius 1 is 1.00 bits per heavy atom. The van der Waals surface area contributed by atoms with E-state index in [1.807, 2.05) is 50.2 Å². The highest BCUT2D eigenvalue weighted by atomic mass is 35.5. The van der Waals surface area contributed by atoms with Crippen LogP contribution in [0.3, 0.4) is 0 Å². The number of aromatic nitrogens is 2. The predicted octanol–water partition coefficient (Wildman–Crippen LogP) is 6.57. The van der Waals surface area contributed by atoms with Gasteiger partial charge in [-0.05, 0) is 49.2 Å². The summed E-state index contributed by atoms with van der Waals surface area (Å²) in [5.74, 6) is -0.265. The quantitative estimate of drug-likeness (QED) is 0.427. The molecule has 1 atom stereocenters. The van der Waals surface area contributed by atoms with Crippen molar-refractivity contribution in [2.24, 2.45) is 0 Å². The highest BCUT2D eigenvalue weighted by Gasteiger charge is 2.16. The molecule has 5 heteroatoms. The lowest BCUT2D eigenvalue weighted by Gasteiger charge is -2.19. The Morgan fingerprint density at radius 2 is 1.82 bits per heavy atom. The third-order valence-electron chi connectivity index (χ3n) is 4.76. The Hall–Kier alpha value is -2.98. The number of nitrogens with zero attached hydrogens (tertiary/aromatic N) is 2. The summed E-state index contributed by atoms with van der Waals surface area (Å²) in [4.78, 5) is 8.59. The van der Waals surface area contributed by atoms with E-state index in [1.165, 1.54) is 6.07 Å². The third kappa shape index (κ3) is 3.56. The standard InChI is InChI=1S/C23H19ClFN3/c1-14-9-17(12-26-11-14)16-7-8-21(25)19(10-16)15(2)28-23-18-5-3-4-6-22(18)27-13-20(23)24/h3-13,15H,1-2H3,(H,27,28)/t15-/m1/s1. The Morgan fingerprint density at radius 3 is 2.64 bits per heavy atom. The molecule has 0 aliphatic rings. The number of halogens is 2.